The molecule has 26 heavy (non-hydrogen) atoms. The van der Waals surface area contributed by atoms with Crippen molar-refractivity contribution in [2.75, 3.05) is 38.5 Å². The third-order valence-corrected chi connectivity index (χ3v) is 5.71. The van der Waals surface area contributed by atoms with Crippen LogP contribution in [0.1, 0.15) is 10.6 Å². The molecule has 0 bridgehead atoms. The van der Waals surface area contributed by atoms with Crippen molar-refractivity contribution < 1.29 is 9.21 Å². The Balaban J connectivity index is 1.36. The van der Waals surface area contributed by atoms with Gasteiger partial charge in [0.1, 0.15) is 0 Å². The van der Waals surface area contributed by atoms with Crippen molar-refractivity contribution in [2.24, 2.45) is 0 Å². The molecule has 1 amide bonds. The van der Waals surface area contributed by atoms with Crippen LogP contribution in [0.2, 0.25) is 5.02 Å². The van der Waals surface area contributed by atoms with E-state index in [0.29, 0.717) is 18.8 Å². The van der Waals surface area contributed by atoms with Gasteiger partial charge in [-0.2, -0.15) is 0 Å². The van der Waals surface area contributed by atoms with E-state index < -0.39 is 0 Å². The molecule has 1 saturated heterocycles. The van der Waals surface area contributed by atoms with Gasteiger partial charge in [0.25, 0.3) is 5.91 Å². The van der Waals surface area contributed by atoms with Crippen LogP contribution in [0.25, 0.3) is 0 Å². The fraction of sp³-hybridized carbons (Fsp3) is 0.333. The van der Waals surface area contributed by atoms with Crippen LogP contribution >= 0.6 is 35.6 Å². The maximum absolute atomic E-state index is 12.3. The average Bonchev–Trinajstić information content (AvgIpc) is 3.21. The molecule has 1 aliphatic rings. The number of hydrogen-bond acceptors (Lipinski definition) is 4. The van der Waals surface area contributed by atoms with E-state index in [1.54, 1.807) is 28.8 Å². The number of benzene rings is 1. The van der Waals surface area contributed by atoms with Crippen LogP contribution in [0.15, 0.2) is 52.0 Å². The lowest BCUT2D eigenvalue weighted by Crippen LogP contribution is -2.53. The summed E-state index contributed by atoms with van der Waals surface area (Å²) in [5, 5.41) is 4.78. The molecule has 1 aromatic carbocycles. The van der Waals surface area contributed by atoms with Crippen LogP contribution in [-0.2, 0) is 0 Å². The molecule has 5 nitrogen and oxygen atoms in total. The number of thiocarbonyl (C=S) groups is 1. The number of amides is 1. The molecule has 1 aliphatic heterocycles. The Bertz CT molecular complexity index is 729. The zero-order valence-corrected chi connectivity index (χ0v) is 16.6. The SMILES string of the molecule is O=C(c1ccco1)N1CCN(C(=S)NCCSc2ccc(Cl)cc2)CC1. The van der Waals surface area contributed by atoms with Gasteiger partial charge in [0.05, 0.1) is 6.26 Å². The number of piperazine rings is 1. The second-order valence-electron chi connectivity index (χ2n) is 5.79. The Morgan fingerprint density at radius 1 is 1.15 bits per heavy atom. The Morgan fingerprint density at radius 3 is 2.50 bits per heavy atom. The number of furan rings is 1. The molecule has 0 aliphatic carbocycles. The lowest BCUT2D eigenvalue weighted by Gasteiger charge is -2.35. The van der Waals surface area contributed by atoms with Gasteiger partial charge in [0.2, 0.25) is 0 Å². The lowest BCUT2D eigenvalue weighted by molar-refractivity contribution is 0.0659. The summed E-state index contributed by atoms with van der Waals surface area (Å²) in [6.45, 7) is 3.52. The van der Waals surface area contributed by atoms with Gasteiger partial charge in [-0.15, -0.1) is 11.8 Å². The fourth-order valence-corrected chi connectivity index (χ4v) is 3.82. The van der Waals surface area contributed by atoms with E-state index in [1.165, 1.54) is 11.2 Å². The first-order valence-electron chi connectivity index (χ1n) is 8.37. The topological polar surface area (TPSA) is 48.7 Å². The quantitative estimate of drug-likeness (QED) is 0.464. The van der Waals surface area contributed by atoms with E-state index in [1.807, 2.05) is 24.3 Å². The van der Waals surface area contributed by atoms with Gasteiger partial charge in [-0.1, -0.05) is 11.6 Å². The smallest absolute Gasteiger partial charge is 0.289 e. The van der Waals surface area contributed by atoms with Gasteiger partial charge in [0, 0.05) is 48.4 Å². The summed E-state index contributed by atoms with van der Waals surface area (Å²) in [5.41, 5.74) is 0. The minimum atomic E-state index is -0.0621. The first kappa shape index (κ1) is 19.1. The molecule has 0 spiro atoms. The van der Waals surface area contributed by atoms with Crippen molar-refractivity contribution in [3.8, 4) is 0 Å². The number of nitrogens with zero attached hydrogens (tertiary/aromatic N) is 2. The van der Waals surface area contributed by atoms with Gasteiger partial charge in [-0.25, -0.2) is 0 Å². The molecular formula is C18H20ClN3O2S2. The molecule has 1 aromatic heterocycles. The van der Waals surface area contributed by atoms with Crippen molar-refractivity contribution in [2.45, 2.75) is 4.90 Å². The number of carbonyl (C=O) groups is 1. The predicted molar refractivity (Wildman–Crippen MR) is 109 cm³/mol. The van der Waals surface area contributed by atoms with Crippen LogP contribution in [0.4, 0.5) is 0 Å². The number of carbonyl (C=O) groups excluding carboxylic acids is 1. The molecule has 0 atom stereocenters. The summed E-state index contributed by atoms with van der Waals surface area (Å²) in [5.74, 6) is 1.24. The summed E-state index contributed by atoms with van der Waals surface area (Å²) in [4.78, 5) is 17.4. The number of thioether (sulfide) groups is 1. The minimum Gasteiger partial charge on any atom is -0.459 e. The molecule has 2 aromatic rings. The molecule has 1 N–H and O–H groups in total. The van der Waals surface area contributed by atoms with Crippen molar-refractivity contribution >= 4 is 46.6 Å². The van der Waals surface area contributed by atoms with E-state index >= 15 is 0 Å². The molecule has 2 heterocycles. The Labute approximate surface area is 167 Å². The van der Waals surface area contributed by atoms with Crippen LogP contribution < -0.4 is 5.32 Å². The largest absolute Gasteiger partial charge is 0.459 e. The molecule has 1 fully saturated rings. The fourth-order valence-electron chi connectivity index (χ4n) is 2.64. The highest BCUT2D eigenvalue weighted by molar-refractivity contribution is 7.99. The standard InChI is InChI=1S/C18H20ClN3O2S2/c19-14-3-5-15(6-4-14)26-13-7-20-18(25)22-10-8-21(9-11-22)17(23)16-2-1-12-24-16/h1-6,12H,7-11,13H2,(H,20,25). The maximum Gasteiger partial charge on any atom is 0.289 e. The second kappa shape index (κ2) is 9.30. The predicted octanol–water partition coefficient (Wildman–Crippen LogP) is 3.36. The molecule has 138 valence electrons. The number of hydrogen-bond donors (Lipinski definition) is 1. The highest BCUT2D eigenvalue weighted by Gasteiger charge is 2.24. The summed E-state index contributed by atoms with van der Waals surface area (Å²) in [6.07, 6.45) is 1.52. The van der Waals surface area contributed by atoms with Crippen molar-refractivity contribution in [3.63, 3.8) is 0 Å². The van der Waals surface area contributed by atoms with E-state index in [0.717, 1.165) is 35.5 Å². The molecule has 0 radical (unpaired) electrons. The monoisotopic (exact) mass is 409 g/mol. The van der Waals surface area contributed by atoms with Crippen LogP contribution in [0.3, 0.4) is 0 Å². The summed E-state index contributed by atoms with van der Waals surface area (Å²) in [7, 11) is 0. The Kier molecular flexibility index (Phi) is 6.82. The normalized spacial score (nSPS) is 14.3. The van der Waals surface area contributed by atoms with E-state index in [9.17, 15) is 4.79 Å². The second-order valence-corrected chi connectivity index (χ2v) is 7.78. The first-order valence-corrected chi connectivity index (χ1v) is 10.1. The molecule has 8 heteroatoms. The Morgan fingerprint density at radius 2 is 1.85 bits per heavy atom. The van der Waals surface area contributed by atoms with Gasteiger partial charge >= 0.3 is 0 Å². The number of halogens is 1. The number of rotatable bonds is 5. The molecule has 0 saturated carbocycles. The van der Waals surface area contributed by atoms with E-state index in [4.69, 9.17) is 28.2 Å². The highest BCUT2D eigenvalue weighted by atomic mass is 35.5. The number of nitrogens with one attached hydrogen (secondary N) is 1. The maximum atomic E-state index is 12.3. The zero-order chi connectivity index (χ0) is 18.4. The molecule has 0 unspecified atom stereocenters. The van der Waals surface area contributed by atoms with Gasteiger partial charge in [-0.05, 0) is 48.6 Å². The average molecular weight is 410 g/mol. The van der Waals surface area contributed by atoms with Gasteiger partial charge in [0.15, 0.2) is 10.9 Å². The van der Waals surface area contributed by atoms with Crippen LogP contribution in [-0.4, -0.2) is 59.3 Å². The van der Waals surface area contributed by atoms with Crippen molar-refractivity contribution in [1.29, 1.82) is 0 Å². The lowest BCUT2D eigenvalue weighted by atomic mass is 10.3. The third-order valence-electron chi connectivity index (χ3n) is 4.05. The minimum absolute atomic E-state index is 0.0621. The van der Waals surface area contributed by atoms with Gasteiger partial charge < -0.3 is 19.5 Å². The molecule has 3 rings (SSSR count). The Hall–Kier alpha value is -1.70. The van der Waals surface area contributed by atoms with Crippen LogP contribution in [0.5, 0.6) is 0 Å². The van der Waals surface area contributed by atoms with Crippen LogP contribution in [0, 0.1) is 0 Å². The first-order chi connectivity index (χ1) is 12.6. The zero-order valence-electron chi connectivity index (χ0n) is 14.2. The van der Waals surface area contributed by atoms with E-state index in [2.05, 4.69) is 10.2 Å². The van der Waals surface area contributed by atoms with E-state index in [-0.39, 0.29) is 5.91 Å². The summed E-state index contributed by atoms with van der Waals surface area (Å²) < 4.78 is 5.18. The molecular weight excluding hydrogens is 390 g/mol. The third kappa shape index (κ3) is 5.16. The van der Waals surface area contributed by atoms with Crippen molar-refractivity contribution in [1.82, 2.24) is 15.1 Å². The summed E-state index contributed by atoms with van der Waals surface area (Å²) >= 11 is 13.1. The summed E-state index contributed by atoms with van der Waals surface area (Å²) in [6, 6.07) is 11.2. The highest BCUT2D eigenvalue weighted by Crippen LogP contribution is 2.19. The van der Waals surface area contributed by atoms with Crippen molar-refractivity contribution in [3.05, 3.63) is 53.4 Å². The van der Waals surface area contributed by atoms with Gasteiger partial charge in [-0.3, -0.25) is 4.79 Å².